The number of hydrogen-bond acceptors (Lipinski definition) is 4. The Bertz CT molecular complexity index is 724. The SMILES string of the molecule is COc1cc(C(=O)NCc2ccc(F)c(F)c2)cc(OC)c1OC. The Kier molecular flexibility index (Phi) is 5.57. The summed E-state index contributed by atoms with van der Waals surface area (Å²) in [7, 11) is 4.35. The molecule has 128 valence electrons. The van der Waals surface area contributed by atoms with Gasteiger partial charge in [0.2, 0.25) is 5.75 Å². The quantitative estimate of drug-likeness (QED) is 0.881. The average molecular weight is 337 g/mol. The van der Waals surface area contributed by atoms with Crippen LogP contribution >= 0.6 is 0 Å². The summed E-state index contributed by atoms with van der Waals surface area (Å²) in [5.41, 5.74) is 0.724. The number of benzene rings is 2. The van der Waals surface area contributed by atoms with E-state index in [-0.39, 0.29) is 12.1 Å². The first-order valence-electron chi connectivity index (χ1n) is 7.02. The van der Waals surface area contributed by atoms with Gasteiger partial charge in [-0.15, -0.1) is 0 Å². The zero-order chi connectivity index (χ0) is 17.7. The van der Waals surface area contributed by atoms with Gasteiger partial charge in [0.25, 0.3) is 5.91 Å². The van der Waals surface area contributed by atoms with Crippen LogP contribution in [0.5, 0.6) is 17.2 Å². The largest absolute Gasteiger partial charge is 0.493 e. The molecule has 7 heteroatoms. The van der Waals surface area contributed by atoms with Crippen molar-refractivity contribution in [3.05, 3.63) is 53.1 Å². The summed E-state index contributed by atoms with van der Waals surface area (Å²) < 4.78 is 41.6. The fourth-order valence-corrected chi connectivity index (χ4v) is 2.15. The molecule has 24 heavy (non-hydrogen) atoms. The summed E-state index contributed by atoms with van der Waals surface area (Å²) in [5, 5.41) is 2.62. The summed E-state index contributed by atoms with van der Waals surface area (Å²) in [6.07, 6.45) is 0. The van der Waals surface area contributed by atoms with Gasteiger partial charge in [0.1, 0.15) is 0 Å². The predicted octanol–water partition coefficient (Wildman–Crippen LogP) is 2.92. The Morgan fingerprint density at radius 1 is 0.958 bits per heavy atom. The monoisotopic (exact) mass is 337 g/mol. The summed E-state index contributed by atoms with van der Waals surface area (Å²) in [6, 6.07) is 6.44. The molecular formula is C17H17F2NO4. The van der Waals surface area contributed by atoms with E-state index >= 15 is 0 Å². The minimum Gasteiger partial charge on any atom is -0.493 e. The molecule has 2 rings (SSSR count). The molecule has 0 fully saturated rings. The highest BCUT2D eigenvalue weighted by Gasteiger charge is 2.17. The third-order valence-electron chi connectivity index (χ3n) is 3.36. The zero-order valence-corrected chi connectivity index (χ0v) is 13.5. The first kappa shape index (κ1) is 17.5. The van der Waals surface area contributed by atoms with Crippen molar-refractivity contribution in [3.8, 4) is 17.2 Å². The molecule has 2 aromatic carbocycles. The maximum absolute atomic E-state index is 13.2. The zero-order valence-electron chi connectivity index (χ0n) is 13.5. The van der Waals surface area contributed by atoms with Crippen LogP contribution in [0.3, 0.4) is 0 Å². The minimum atomic E-state index is -0.963. The van der Waals surface area contributed by atoms with Gasteiger partial charge in [-0.1, -0.05) is 6.07 Å². The summed E-state index contributed by atoms with van der Waals surface area (Å²) in [4.78, 5) is 12.3. The lowest BCUT2D eigenvalue weighted by atomic mass is 10.1. The molecule has 2 aromatic rings. The highest BCUT2D eigenvalue weighted by molar-refractivity contribution is 5.95. The van der Waals surface area contributed by atoms with Crippen molar-refractivity contribution < 1.29 is 27.8 Å². The number of ether oxygens (including phenoxy) is 3. The third kappa shape index (κ3) is 3.73. The van der Waals surface area contributed by atoms with E-state index in [0.29, 0.717) is 22.8 Å². The van der Waals surface area contributed by atoms with Gasteiger partial charge in [0.15, 0.2) is 23.1 Å². The van der Waals surface area contributed by atoms with E-state index in [2.05, 4.69) is 5.32 Å². The predicted molar refractivity (Wildman–Crippen MR) is 83.6 cm³/mol. The normalized spacial score (nSPS) is 10.2. The highest BCUT2D eigenvalue weighted by Crippen LogP contribution is 2.38. The van der Waals surface area contributed by atoms with Gasteiger partial charge in [0, 0.05) is 12.1 Å². The number of carbonyl (C=O) groups excluding carboxylic acids is 1. The van der Waals surface area contributed by atoms with E-state index in [1.54, 1.807) is 0 Å². The van der Waals surface area contributed by atoms with Crippen LogP contribution in [0.1, 0.15) is 15.9 Å². The van der Waals surface area contributed by atoms with Crippen molar-refractivity contribution in [1.29, 1.82) is 0 Å². The van der Waals surface area contributed by atoms with Crippen molar-refractivity contribution >= 4 is 5.91 Å². The fourth-order valence-electron chi connectivity index (χ4n) is 2.15. The van der Waals surface area contributed by atoms with Crippen molar-refractivity contribution in [2.45, 2.75) is 6.54 Å². The molecular weight excluding hydrogens is 320 g/mol. The second-order valence-corrected chi connectivity index (χ2v) is 4.85. The Morgan fingerprint density at radius 3 is 2.08 bits per heavy atom. The number of rotatable bonds is 6. The Hall–Kier alpha value is -2.83. The van der Waals surface area contributed by atoms with Crippen molar-refractivity contribution in [1.82, 2.24) is 5.32 Å². The van der Waals surface area contributed by atoms with Crippen LogP contribution in [0.15, 0.2) is 30.3 Å². The van der Waals surface area contributed by atoms with Crippen LogP contribution in [-0.2, 0) is 6.54 Å². The van der Waals surface area contributed by atoms with Crippen LogP contribution in [0.2, 0.25) is 0 Å². The first-order chi connectivity index (χ1) is 11.5. The Labute approximate surface area is 138 Å². The van der Waals surface area contributed by atoms with Crippen LogP contribution in [0, 0.1) is 11.6 Å². The highest BCUT2D eigenvalue weighted by atomic mass is 19.2. The van der Waals surface area contributed by atoms with E-state index in [4.69, 9.17) is 14.2 Å². The molecule has 0 bridgehead atoms. The van der Waals surface area contributed by atoms with E-state index in [1.165, 1.54) is 39.5 Å². The standard InChI is InChI=1S/C17H17F2NO4/c1-22-14-7-11(8-15(23-2)16(14)24-3)17(21)20-9-10-4-5-12(18)13(19)6-10/h4-8H,9H2,1-3H3,(H,20,21). The molecule has 0 aliphatic rings. The summed E-state index contributed by atoms with van der Waals surface area (Å²) >= 11 is 0. The lowest BCUT2D eigenvalue weighted by molar-refractivity contribution is 0.0950. The lowest BCUT2D eigenvalue weighted by Gasteiger charge is -2.14. The number of hydrogen-bond donors (Lipinski definition) is 1. The molecule has 5 nitrogen and oxygen atoms in total. The molecule has 1 amide bonds. The van der Waals surface area contributed by atoms with Crippen LogP contribution in [0.25, 0.3) is 0 Å². The van der Waals surface area contributed by atoms with Crippen molar-refractivity contribution in [3.63, 3.8) is 0 Å². The van der Waals surface area contributed by atoms with Crippen LogP contribution < -0.4 is 19.5 Å². The van der Waals surface area contributed by atoms with Gasteiger partial charge in [-0.2, -0.15) is 0 Å². The number of nitrogens with one attached hydrogen (secondary N) is 1. The fraction of sp³-hybridized carbons (Fsp3) is 0.235. The second kappa shape index (κ2) is 7.63. The minimum absolute atomic E-state index is 0.0483. The molecule has 0 saturated carbocycles. The molecule has 0 spiro atoms. The van der Waals surface area contributed by atoms with Crippen molar-refractivity contribution in [2.75, 3.05) is 21.3 Å². The van der Waals surface area contributed by atoms with Gasteiger partial charge >= 0.3 is 0 Å². The Balaban J connectivity index is 2.18. The summed E-state index contributed by atoms with van der Waals surface area (Å²) in [5.74, 6) is -1.26. The number of methoxy groups -OCH3 is 3. The number of amides is 1. The summed E-state index contributed by atoms with van der Waals surface area (Å²) in [6.45, 7) is 0.0483. The maximum atomic E-state index is 13.2. The van der Waals surface area contributed by atoms with E-state index in [1.807, 2.05) is 0 Å². The van der Waals surface area contributed by atoms with E-state index in [9.17, 15) is 13.6 Å². The van der Waals surface area contributed by atoms with Crippen molar-refractivity contribution in [2.24, 2.45) is 0 Å². The van der Waals surface area contributed by atoms with Crippen LogP contribution in [0.4, 0.5) is 8.78 Å². The topological polar surface area (TPSA) is 56.8 Å². The Morgan fingerprint density at radius 2 is 1.58 bits per heavy atom. The van der Waals surface area contributed by atoms with Gasteiger partial charge in [-0.05, 0) is 29.8 Å². The molecule has 0 saturated heterocycles. The van der Waals surface area contributed by atoms with Gasteiger partial charge in [-0.25, -0.2) is 8.78 Å². The molecule has 0 aliphatic heterocycles. The number of carbonyl (C=O) groups is 1. The molecule has 0 heterocycles. The van der Waals surface area contributed by atoms with E-state index < -0.39 is 17.5 Å². The average Bonchev–Trinajstić information content (AvgIpc) is 2.60. The second-order valence-electron chi connectivity index (χ2n) is 4.85. The van der Waals surface area contributed by atoms with Gasteiger partial charge < -0.3 is 19.5 Å². The molecule has 0 aliphatic carbocycles. The maximum Gasteiger partial charge on any atom is 0.251 e. The van der Waals surface area contributed by atoms with Gasteiger partial charge in [0.05, 0.1) is 21.3 Å². The lowest BCUT2D eigenvalue weighted by Crippen LogP contribution is -2.23. The van der Waals surface area contributed by atoms with Crippen LogP contribution in [-0.4, -0.2) is 27.2 Å². The molecule has 0 unspecified atom stereocenters. The number of halogens is 2. The smallest absolute Gasteiger partial charge is 0.251 e. The molecule has 0 radical (unpaired) electrons. The molecule has 0 aromatic heterocycles. The third-order valence-corrected chi connectivity index (χ3v) is 3.36. The molecule has 0 atom stereocenters. The molecule has 1 N–H and O–H groups in total. The first-order valence-corrected chi connectivity index (χ1v) is 7.02. The van der Waals surface area contributed by atoms with E-state index in [0.717, 1.165) is 12.1 Å². The van der Waals surface area contributed by atoms with Gasteiger partial charge in [-0.3, -0.25) is 4.79 Å².